The van der Waals surface area contributed by atoms with Gasteiger partial charge in [-0.15, -0.1) is 12.4 Å². The van der Waals surface area contributed by atoms with Crippen molar-refractivity contribution in [2.24, 2.45) is 0 Å². The number of rotatable bonds is 5. The molecule has 1 rings (SSSR count). The average Bonchev–Trinajstić information content (AvgIpc) is 2.72. The number of likely N-dealkylation sites (N-methyl/N-ethyl adjacent to an activating group) is 1. The molecule has 92 valence electrons. The minimum absolute atomic E-state index is 0. The van der Waals surface area contributed by atoms with Crippen LogP contribution in [0.2, 0.25) is 0 Å². The van der Waals surface area contributed by atoms with Gasteiger partial charge in [-0.25, -0.2) is 0 Å². The molecule has 0 saturated carbocycles. The van der Waals surface area contributed by atoms with Gasteiger partial charge < -0.3 is 10.6 Å². The van der Waals surface area contributed by atoms with Crippen molar-refractivity contribution in [1.29, 1.82) is 0 Å². The first-order valence-electron chi connectivity index (χ1n) is 5.13. The Morgan fingerprint density at radius 3 is 2.81 bits per heavy atom. The summed E-state index contributed by atoms with van der Waals surface area (Å²) in [4.78, 5) is 11.2. The number of hydrogen-bond acceptors (Lipinski definition) is 3. The van der Waals surface area contributed by atoms with E-state index in [1.165, 1.54) is 0 Å². The topological polar surface area (TPSA) is 59.0 Å². The first-order valence-corrected chi connectivity index (χ1v) is 5.13. The smallest absolute Gasteiger partial charge is 0.236 e. The molecule has 0 spiro atoms. The van der Waals surface area contributed by atoms with Crippen molar-refractivity contribution >= 4 is 18.3 Å². The van der Waals surface area contributed by atoms with Gasteiger partial charge in [-0.05, 0) is 13.8 Å². The molecule has 6 heteroatoms. The van der Waals surface area contributed by atoms with Gasteiger partial charge in [0.25, 0.3) is 0 Å². The normalized spacial score (nSPS) is 11.7. The number of nitrogens with one attached hydrogen (secondary N) is 2. The highest BCUT2D eigenvalue weighted by atomic mass is 35.5. The summed E-state index contributed by atoms with van der Waals surface area (Å²) < 4.78 is 1.86. The van der Waals surface area contributed by atoms with Crippen molar-refractivity contribution < 1.29 is 4.79 Å². The van der Waals surface area contributed by atoms with Crippen LogP contribution < -0.4 is 10.6 Å². The minimum atomic E-state index is -0.181. The third-order valence-corrected chi connectivity index (χ3v) is 2.26. The van der Waals surface area contributed by atoms with Crippen LogP contribution in [0.3, 0.4) is 0 Å². The van der Waals surface area contributed by atoms with E-state index in [2.05, 4.69) is 15.7 Å². The molecule has 0 fully saturated rings. The molecule has 1 aromatic rings. The van der Waals surface area contributed by atoms with Crippen LogP contribution in [0.15, 0.2) is 12.4 Å². The fourth-order valence-electron chi connectivity index (χ4n) is 1.25. The van der Waals surface area contributed by atoms with E-state index in [-0.39, 0.29) is 24.4 Å². The highest BCUT2D eigenvalue weighted by molar-refractivity contribution is 5.85. The Morgan fingerprint density at radius 1 is 1.62 bits per heavy atom. The zero-order chi connectivity index (χ0) is 11.3. The van der Waals surface area contributed by atoms with Crippen LogP contribution in [0, 0.1) is 0 Å². The van der Waals surface area contributed by atoms with Crippen LogP contribution in [0.25, 0.3) is 0 Å². The maximum Gasteiger partial charge on any atom is 0.236 e. The summed E-state index contributed by atoms with van der Waals surface area (Å²) in [6, 6.07) is -0.181. The Balaban J connectivity index is 0.00000225. The molecule has 1 amide bonds. The first-order chi connectivity index (χ1) is 7.17. The number of aromatic nitrogens is 2. The Bertz CT molecular complexity index is 326. The summed E-state index contributed by atoms with van der Waals surface area (Å²) in [5.41, 5.74) is 1.09. The molecule has 1 aromatic heterocycles. The van der Waals surface area contributed by atoms with Gasteiger partial charge in [0, 0.05) is 31.9 Å². The summed E-state index contributed by atoms with van der Waals surface area (Å²) in [6.45, 7) is 5.40. The van der Waals surface area contributed by atoms with E-state index < -0.39 is 0 Å². The van der Waals surface area contributed by atoms with Gasteiger partial charge in [-0.1, -0.05) is 0 Å². The Labute approximate surface area is 102 Å². The van der Waals surface area contributed by atoms with Crippen molar-refractivity contribution in [3.05, 3.63) is 18.0 Å². The van der Waals surface area contributed by atoms with Crippen LogP contribution in [0.1, 0.15) is 19.4 Å². The van der Waals surface area contributed by atoms with Gasteiger partial charge in [0.1, 0.15) is 0 Å². The summed E-state index contributed by atoms with van der Waals surface area (Å²) in [7, 11) is 1.63. The van der Waals surface area contributed by atoms with Crippen LogP contribution in [-0.2, 0) is 17.9 Å². The molecular formula is C10H19ClN4O. The first kappa shape index (κ1) is 14.9. The molecule has 0 unspecified atom stereocenters. The molecule has 0 radical (unpaired) electrons. The predicted molar refractivity (Wildman–Crippen MR) is 65.5 cm³/mol. The van der Waals surface area contributed by atoms with Crippen LogP contribution >= 0.6 is 12.4 Å². The molecule has 1 atom stereocenters. The van der Waals surface area contributed by atoms with Gasteiger partial charge in [0.05, 0.1) is 12.2 Å². The molecule has 0 aliphatic heterocycles. The molecule has 1 heterocycles. The maximum absolute atomic E-state index is 11.2. The lowest BCUT2D eigenvalue weighted by atomic mass is 10.3. The SMILES string of the molecule is CCn1cc(CN[C@H](C)C(=O)NC)cn1.Cl. The Morgan fingerprint density at radius 2 is 2.31 bits per heavy atom. The molecule has 16 heavy (non-hydrogen) atoms. The Kier molecular flexibility index (Phi) is 6.76. The fraction of sp³-hybridized carbons (Fsp3) is 0.600. The minimum Gasteiger partial charge on any atom is -0.358 e. The van der Waals surface area contributed by atoms with E-state index in [1.807, 2.05) is 30.9 Å². The third kappa shape index (κ3) is 4.20. The molecular weight excluding hydrogens is 228 g/mol. The van der Waals surface area contributed by atoms with Crippen LogP contribution in [0.5, 0.6) is 0 Å². The zero-order valence-corrected chi connectivity index (χ0v) is 10.7. The van der Waals surface area contributed by atoms with E-state index >= 15 is 0 Å². The molecule has 0 saturated heterocycles. The number of aryl methyl sites for hydroxylation is 1. The van der Waals surface area contributed by atoms with E-state index in [1.54, 1.807) is 7.05 Å². The number of halogens is 1. The largest absolute Gasteiger partial charge is 0.358 e. The number of nitrogens with zero attached hydrogens (tertiary/aromatic N) is 2. The molecule has 0 aliphatic rings. The van der Waals surface area contributed by atoms with Gasteiger partial charge in [0.2, 0.25) is 5.91 Å². The van der Waals surface area contributed by atoms with Crippen LogP contribution in [-0.4, -0.2) is 28.8 Å². The lowest BCUT2D eigenvalue weighted by molar-refractivity contribution is -0.122. The van der Waals surface area contributed by atoms with Gasteiger partial charge in [0.15, 0.2) is 0 Å². The lowest BCUT2D eigenvalue weighted by Crippen LogP contribution is -2.40. The number of amides is 1. The second kappa shape index (κ2) is 7.24. The monoisotopic (exact) mass is 246 g/mol. The fourth-order valence-corrected chi connectivity index (χ4v) is 1.25. The summed E-state index contributed by atoms with van der Waals surface area (Å²) >= 11 is 0. The highest BCUT2D eigenvalue weighted by Gasteiger charge is 2.09. The quantitative estimate of drug-likeness (QED) is 0.798. The van der Waals surface area contributed by atoms with E-state index in [9.17, 15) is 4.79 Å². The molecule has 0 aliphatic carbocycles. The lowest BCUT2D eigenvalue weighted by Gasteiger charge is -2.10. The second-order valence-electron chi connectivity index (χ2n) is 3.42. The third-order valence-electron chi connectivity index (χ3n) is 2.26. The number of carbonyl (C=O) groups excluding carboxylic acids is 1. The number of carbonyl (C=O) groups is 1. The Hall–Kier alpha value is -1.07. The summed E-state index contributed by atoms with van der Waals surface area (Å²) in [5, 5.41) is 9.87. The van der Waals surface area contributed by atoms with E-state index in [0.717, 1.165) is 12.1 Å². The van der Waals surface area contributed by atoms with Crippen molar-refractivity contribution in [3.63, 3.8) is 0 Å². The summed E-state index contributed by atoms with van der Waals surface area (Å²) in [6.07, 6.45) is 3.79. The highest BCUT2D eigenvalue weighted by Crippen LogP contribution is 1.97. The van der Waals surface area contributed by atoms with Crippen molar-refractivity contribution in [2.75, 3.05) is 7.05 Å². The van der Waals surface area contributed by atoms with E-state index in [4.69, 9.17) is 0 Å². The van der Waals surface area contributed by atoms with Crippen LogP contribution in [0.4, 0.5) is 0 Å². The van der Waals surface area contributed by atoms with E-state index in [0.29, 0.717) is 6.54 Å². The second-order valence-corrected chi connectivity index (χ2v) is 3.42. The van der Waals surface area contributed by atoms with Crippen molar-refractivity contribution in [1.82, 2.24) is 20.4 Å². The molecule has 5 nitrogen and oxygen atoms in total. The maximum atomic E-state index is 11.2. The average molecular weight is 247 g/mol. The zero-order valence-electron chi connectivity index (χ0n) is 9.86. The number of hydrogen-bond donors (Lipinski definition) is 2. The van der Waals surface area contributed by atoms with Gasteiger partial charge in [-0.3, -0.25) is 9.48 Å². The van der Waals surface area contributed by atoms with Crippen molar-refractivity contribution in [2.45, 2.75) is 33.0 Å². The molecule has 0 aromatic carbocycles. The standard InChI is InChI=1S/C10H18N4O.ClH/c1-4-14-7-9(6-13-14)5-12-8(2)10(15)11-3;/h6-8,12H,4-5H2,1-3H3,(H,11,15);1H/t8-;/m1./s1. The van der Waals surface area contributed by atoms with Gasteiger partial charge in [-0.2, -0.15) is 5.10 Å². The van der Waals surface area contributed by atoms with Gasteiger partial charge >= 0.3 is 0 Å². The molecule has 2 N–H and O–H groups in total. The summed E-state index contributed by atoms with van der Waals surface area (Å²) in [5.74, 6) is -0.00196. The van der Waals surface area contributed by atoms with Crippen molar-refractivity contribution in [3.8, 4) is 0 Å². The molecule has 0 bridgehead atoms. The predicted octanol–water partition coefficient (Wildman–Crippen LogP) is 0.549.